The van der Waals surface area contributed by atoms with E-state index in [9.17, 15) is 4.79 Å². The number of nitrogens with one attached hydrogen (secondary N) is 2. The topological polar surface area (TPSA) is 72.4 Å². The van der Waals surface area contributed by atoms with E-state index in [0.29, 0.717) is 0 Å². The first-order valence-corrected chi connectivity index (χ1v) is 9.99. The fourth-order valence-electron chi connectivity index (χ4n) is 3.27. The second kappa shape index (κ2) is 12.1. The summed E-state index contributed by atoms with van der Waals surface area (Å²) in [7, 11) is 0. The second-order valence-corrected chi connectivity index (χ2v) is 6.84. The molecule has 8 heteroatoms. The van der Waals surface area contributed by atoms with Crippen LogP contribution in [-0.4, -0.2) is 112 Å². The van der Waals surface area contributed by atoms with Crippen LogP contribution in [0.5, 0.6) is 0 Å². The van der Waals surface area contributed by atoms with Crippen LogP contribution in [0.3, 0.4) is 0 Å². The van der Waals surface area contributed by atoms with E-state index in [0.717, 1.165) is 97.6 Å². The summed E-state index contributed by atoms with van der Waals surface area (Å²) in [5.74, 6) is 1.08. The Hall–Kier alpha value is -1.38. The lowest BCUT2D eigenvalue weighted by atomic mass is 10.3. The van der Waals surface area contributed by atoms with Crippen molar-refractivity contribution in [3.05, 3.63) is 0 Å². The molecule has 1 amide bonds. The highest BCUT2D eigenvalue weighted by Crippen LogP contribution is 2.01. The molecule has 0 saturated carbocycles. The number of rotatable bonds is 8. The quantitative estimate of drug-likeness (QED) is 0.340. The fourth-order valence-corrected chi connectivity index (χ4v) is 3.27. The fraction of sp³-hybridized carbons (Fsp3) is 0.889. The van der Waals surface area contributed by atoms with Gasteiger partial charge in [-0.15, -0.1) is 0 Å². The molecule has 26 heavy (non-hydrogen) atoms. The number of aliphatic imine (C=N–C) groups is 1. The predicted molar refractivity (Wildman–Crippen MR) is 105 cm³/mol. The van der Waals surface area contributed by atoms with Gasteiger partial charge in [0, 0.05) is 78.9 Å². The Morgan fingerprint density at radius 3 is 2.35 bits per heavy atom. The minimum atomic E-state index is 0.182. The predicted octanol–water partition coefficient (Wildman–Crippen LogP) is -0.572. The lowest BCUT2D eigenvalue weighted by Gasteiger charge is -2.34. The van der Waals surface area contributed by atoms with Crippen molar-refractivity contribution >= 4 is 11.9 Å². The summed E-state index contributed by atoms with van der Waals surface area (Å²) in [6.07, 6.45) is 1.07. The summed E-state index contributed by atoms with van der Waals surface area (Å²) in [5, 5.41) is 6.74. The van der Waals surface area contributed by atoms with Crippen LogP contribution < -0.4 is 10.6 Å². The van der Waals surface area contributed by atoms with E-state index in [2.05, 4.69) is 32.3 Å². The van der Waals surface area contributed by atoms with E-state index >= 15 is 0 Å². The van der Waals surface area contributed by atoms with Crippen LogP contribution in [0.25, 0.3) is 0 Å². The first kappa shape index (κ1) is 20.9. The van der Waals surface area contributed by atoms with E-state index < -0.39 is 0 Å². The van der Waals surface area contributed by atoms with Crippen molar-refractivity contribution < 1.29 is 9.53 Å². The molecular formula is C18H36N6O2. The average molecular weight is 369 g/mol. The molecule has 0 spiro atoms. The van der Waals surface area contributed by atoms with Gasteiger partial charge in [-0.3, -0.25) is 19.6 Å². The van der Waals surface area contributed by atoms with Crippen LogP contribution in [0.4, 0.5) is 0 Å². The molecule has 2 heterocycles. The molecule has 0 aromatic heterocycles. The van der Waals surface area contributed by atoms with Crippen LogP contribution in [0.1, 0.15) is 20.3 Å². The molecule has 2 saturated heterocycles. The Labute approximate surface area is 157 Å². The van der Waals surface area contributed by atoms with Crippen LogP contribution in [0.2, 0.25) is 0 Å². The zero-order valence-corrected chi connectivity index (χ0v) is 16.5. The summed E-state index contributed by atoms with van der Waals surface area (Å²) < 4.78 is 5.38. The largest absolute Gasteiger partial charge is 0.379 e. The standard InChI is InChI=1S/C18H36N6O2/c1-3-19-18(20-5-4-7-22-13-15-26-16-14-22)21-6-8-23-9-11-24(12-10-23)17(2)25/h3-16H2,1-2H3,(H2,19,20,21). The van der Waals surface area contributed by atoms with Gasteiger partial charge in [-0.05, 0) is 13.3 Å². The molecule has 0 atom stereocenters. The molecule has 150 valence electrons. The smallest absolute Gasteiger partial charge is 0.219 e. The van der Waals surface area contributed by atoms with Crippen LogP contribution in [0, 0.1) is 0 Å². The first-order chi connectivity index (χ1) is 12.7. The lowest BCUT2D eigenvalue weighted by Crippen LogP contribution is -2.50. The summed E-state index contributed by atoms with van der Waals surface area (Å²) >= 11 is 0. The average Bonchev–Trinajstić information content (AvgIpc) is 2.66. The van der Waals surface area contributed by atoms with Gasteiger partial charge in [0.05, 0.1) is 13.2 Å². The number of carbonyl (C=O) groups excluding carboxylic acids is 1. The van der Waals surface area contributed by atoms with E-state index in [1.165, 1.54) is 0 Å². The lowest BCUT2D eigenvalue weighted by molar-refractivity contribution is -0.130. The highest BCUT2D eigenvalue weighted by Gasteiger charge is 2.17. The normalized spacial score (nSPS) is 20.2. The number of amides is 1. The van der Waals surface area contributed by atoms with Crippen LogP contribution in [-0.2, 0) is 9.53 Å². The van der Waals surface area contributed by atoms with E-state index in [1.807, 2.05) is 4.90 Å². The number of guanidine groups is 1. The Morgan fingerprint density at radius 2 is 1.69 bits per heavy atom. The Morgan fingerprint density at radius 1 is 1.00 bits per heavy atom. The second-order valence-electron chi connectivity index (χ2n) is 6.84. The minimum absolute atomic E-state index is 0.182. The zero-order chi connectivity index (χ0) is 18.6. The summed E-state index contributed by atoms with van der Waals surface area (Å²) in [6.45, 7) is 15.8. The minimum Gasteiger partial charge on any atom is -0.379 e. The number of ether oxygens (including phenoxy) is 1. The number of morpholine rings is 1. The van der Waals surface area contributed by atoms with Crippen molar-refractivity contribution in [3.8, 4) is 0 Å². The molecule has 0 aliphatic carbocycles. The Kier molecular flexibility index (Phi) is 9.73. The Bertz CT molecular complexity index is 431. The highest BCUT2D eigenvalue weighted by atomic mass is 16.5. The van der Waals surface area contributed by atoms with Gasteiger partial charge in [-0.25, -0.2) is 0 Å². The van der Waals surface area contributed by atoms with Crippen molar-refractivity contribution in [2.45, 2.75) is 20.3 Å². The molecule has 0 aromatic carbocycles. The zero-order valence-electron chi connectivity index (χ0n) is 16.5. The van der Waals surface area contributed by atoms with E-state index in [-0.39, 0.29) is 5.91 Å². The van der Waals surface area contributed by atoms with Gasteiger partial charge in [0.2, 0.25) is 5.91 Å². The van der Waals surface area contributed by atoms with E-state index in [1.54, 1.807) is 6.92 Å². The first-order valence-electron chi connectivity index (χ1n) is 9.99. The number of carbonyl (C=O) groups is 1. The van der Waals surface area contributed by atoms with Gasteiger partial charge in [0.1, 0.15) is 0 Å². The third kappa shape index (κ3) is 7.88. The van der Waals surface area contributed by atoms with Crippen molar-refractivity contribution in [2.75, 3.05) is 85.2 Å². The van der Waals surface area contributed by atoms with Crippen molar-refractivity contribution in [1.82, 2.24) is 25.3 Å². The summed E-state index contributed by atoms with van der Waals surface area (Å²) in [6, 6.07) is 0. The maximum absolute atomic E-state index is 11.4. The van der Waals surface area contributed by atoms with E-state index in [4.69, 9.17) is 4.74 Å². The van der Waals surface area contributed by atoms with Crippen LogP contribution >= 0.6 is 0 Å². The molecule has 0 bridgehead atoms. The van der Waals surface area contributed by atoms with Gasteiger partial charge < -0.3 is 20.3 Å². The number of hydrogen-bond donors (Lipinski definition) is 2. The number of nitrogens with zero attached hydrogens (tertiary/aromatic N) is 4. The summed E-state index contributed by atoms with van der Waals surface area (Å²) in [5.41, 5.74) is 0. The molecule has 2 fully saturated rings. The van der Waals surface area contributed by atoms with Crippen molar-refractivity contribution in [1.29, 1.82) is 0 Å². The number of hydrogen-bond acceptors (Lipinski definition) is 5. The van der Waals surface area contributed by atoms with Crippen LogP contribution in [0.15, 0.2) is 4.99 Å². The molecule has 0 aromatic rings. The third-order valence-electron chi connectivity index (χ3n) is 4.89. The SMILES string of the molecule is CCNC(=NCCCN1CCOCC1)NCCN1CCN(C(C)=O)CC1. The van der Waals surface area contributed by atoms with Gasteiger partial charge in [-0.1, -0.05) is 0 Å². The summed E-state index contributed by atoms with van der Waals surface area (Å²) in [4.78, 5) is 22.8. The monoisotopic (exact) mass is 368 g/mol. The maximum atomic E-state index is 11.4. The van der Waals surface area contributed by atoms with Gasteiger partial charge >= 0.3 is 0 Å². The van der Waals surface area contributed by atoms with Crippen molar-refractivity contribution in [2.24, 2.45) is 4.99 Å². The molecule has 8 nitrogen and oxygen atoms in total. The molecule has 2 N–H and O–H groups in total. The molecular weight excluding hydrogens is 332 g/mol. The highest BCUT2D eigenvalue weighted by molar-refractivity contribution is 5.79. The number of piperazine rings is 1. The van der Waals surface area contributed by atoms with Gasteiger partial charge in [0.25, 0.3) is 0 Å². The molecule has 2 aliphatic rings. The molecule has 2 rings (SSSR count). The van der Waals surface area contributed by atoms with Gasteiger partial charge in [0.15, 0.2) is 5.96 Å². The molecule has 2 aliphatic heterocycles. The Balaban J connectivity index is 1.60. The van der Waals surface area contributed by atoms with Crippen molar-refractivity contribution in [3.63, 3.8) is 0 Å². The third-order valence-corrected chi connectivity index (χ3v) is 4.89. The molecule has 0 unspecified atom stereocenters. The molecule has 0 radical (unpaired) electrons. The maximum Gasteiger partial charge on any atom is 0.219 e. The van der Waals surface area contributed by atoms with Gasteiger partial charge in [-0.2, -0.15) is 0 Å².